The molecule has 0 fully saturated rings. The van der Waals surface area contributed by atoms with Crippen LogP contribution in [-0.4, -0.2) is 16.4 Å². The van der Waals surface area contributed by atoms with Gasteiger partial charge in [-0.3, -0.25) is 5.32 Å². The van der Waals surface area contributed by atoms with Crippen LogP contribution in [0.5, 0.6) is 5.75 Å². The van der Waals surface area contributed by atoms with E-state index in [4.69, 9.17) is 9.26 Å². The molecule has 31 heavy (non-hydrogen) atoms. The number of aryl methyl sites for hydroxylation is 1. The van der Waals surface area contributed by atoms with Crippen LogP contribution in [0.3, 0.4) is 0 Å². The lowest BCUT2D eigenvalue weighted by Crippen LogP contribution is -2.16. The van der Waals surface area contributed by atoms with E-state index in [0.717, 1.165) is 16.7 Å². The molecule has 0 aliphatic carbocycles. The number of carbonyl (C=O) groups is 1. The van der Waals surface area contributed by atoms with Crippen molar-refractivity contribution in [3.05, 3.63) is 90.1 Å². The first-order valence-electron chi connectivity index (χ1n) is 9.90. The van der Waals surface area contributed by atoms with E-state index in [9.17, 15) is 9.90 Å². The van der Waals surface area contributed by atoms with Gasteiger partial charge in [0.2, 0.25) is 0 Å². The van der Waals surface area contributed by atoms with Crippen molar-refractivity contribution < 1.29 is 19.2 Å². The molecular formula is C25H22N2O4. The zero-order valence-electron chi connectivity index (χ0n) is 17.2. The van der Waals surface area contributed by atoms with Crippen LogP contribution < -0.4 is 5.32 Å². The average Bonchev–Trinajstić information content (AvgIpc) is 3.14. The Balaban J connectivity index is 1.50. The number of nitrogens with one attached hydrogen (secondary N) is 1. The summed E-state index contributed by atoms with van der Waals surface area (Å²) in [4.78, 5) is 12.5. The van der Waals surface area contributed by atoms with E-state index >= 15 is 0 Å². The van der Waals surface area contributed by atoms with Crippen molar-refractivity contribution in [3.63, 3.8) is 0 Å². The summed E-state index contributed by atoms with van der Waals surface area (Å²) in [6, 6.07) is 24.5. The molecule has 0 saturated carbocycles. The maximum Gasteiger partial charge on any atom is 0.412 e. The largest absolute Gasteiger partial charge is 0.508 e. The SMILES string of the molecule is Cc1noc(-c2ccc(-c3ccccc3)cc2)c1NC(=O)O[C@H](C)c1cccc(O)c1. The molecule has 0 aliphatic rings. The van der Waals surface area contributed by atoms with Crippen LogP contribution in [0.2, 0.25) is 0 Å². The lowest BCUT2D eigenvalue weighted by molar-refractivity contribution is 0.121. The number of phenols is 1. The molecular weight excluding hydrogens is 392 g/mol. The summed E-state index contributed by atoms with van der Waals surface area (Å²) in [6.45, 7) is 3.48. The number of hydrogen-bond acceptors (Lipinski definition) is 5. The molecule has 1 amide bonds. The van der Waals surface area contributed by atoms with Crippen molar-refractivity contribution in [1.29, 1.82) is 0 Å². The minimum atomic E-state index is -0.635. The van der Waals surface area contributed by atoms with Crippen molar-refractivity contribution in [2.75, 3.05) is 5.32 Å². The molecule has 1 atom stereocenters. The molecule has 1 heterocycles. The van der Waals surface area contributed by atoms with Gasteiger partial charge in [-0.25, -0.2) is 4.79 Å². The number of amides is 1. The number of nitrogens with zero attached hydrogens (tertiary/aromatic N) is 1. The number of carbonyl (C=O) groups excluding carboxylic acids is 1. The van der Waals surface area contributed by atoms with Crippen LogP contribution in [0, 0.1) is 6.92 Å². The standard InChI is InChI=1S/C25H22N2O4/c1-16-23(26-25(29)30-17(2)21-9-6-10-22(28)15-21)24(31-27-16)20-13-11-19(12-14-20)18-7-4-3-5-8-18/h3-15,17,28H,1-2H3,(H,26,29)/t17-/m1/s1. The summed E-state index contributed by atoms with van der Waals surface area (Å²) in [5, 5.41) is 16.4. The Morgan fingerprint density at radius 3 is 2.35 bits per heavy atom. The van der Waals surface area contributed by atoms with Crippen LogP contribution in [0.25, 0.3) is 22.5 Å². The first kappa shape index (κ1) is 20.2. The highest BCUT2D eigenvalue weighted by atomic mass is 16.6. The molecule has 0 unspecified atom stereocenters. The summed E-state index contributed by atoms with van der Waals surface area (Å²) < 4.78 is 10.9. The molecule has 0 bridgehead atoms. The normalized spacial score (nSPS) is 11.7. The monoisotopic (exact) mass is 414 g/mol. The second kappa shape index (κ2) is 8.75. The third kappa shape index (κ3) is 4.59. The molecule has 6 heteroatoms. The fourth-order valence-corrected chi connectivity index (χ4v) is 3.30. The van der Waals surface area contributed by atoms with Gasteiger partial charge in [-0.2, -0.15) is 0 Å². The molecule has 0 saturated heterocycles. The number of aromatic hydroxyl groups is 1. The first-order chi connectivity index (χ1) is 15.0. The lowest BCUT2D eigenvalue weighted by atomic mass is 10.0. The van der Waals surface area contributed by atoms with Gasteiger partial charge in [-0.05, 0) is 42.7 Å². The van der Waals surface area contributed by atoms with Gasteiger partial charge in [0.05, 0.1) is 0 Å². The molecule has 3 aromatic carbocycles. The predicted octanol–water partition coefficient (Wildman–Crippen LogP) is 6.33. The number of rotatable bonds is 5. The Kier molecular flexibility index (Phi) is 5.71. The number of benzene rings is 3. The van der Waals surface area contributed by atoms with E-state index in [2.05, 4.69) is 10.5 Å². The Morgan fingerprint density at radius 1 is 0.968 bits per heavy atom. The second-order valence-electron chi connectivity index (χ2n) is 7.18. The smallest absolute Gasteiger partial charge is 0.412 e. The molecule has 0 radical (unpaired) electrons. The molecule has 0 aliphatic heterocycles. The van der Waals surface area contributed by atoms with Crippen LogP contribution >= 0.6 is 0 Å². The molecule has 2 N–H and O–H groups in total. The number of anilines is 1. The van der Waals surface area contributed by atoms with Gasteiger partial charge in [0.25, 0.3) is 0 Å². The van der Waals surface area contributed by atoms with Gasteiger partial charge in [-0.15, -0.1) is 0 Å². The topological polar surface area (TPSA) is 84.6 Å². The number of phenolic OH excluding ortho intramolecular Hbond substituents is 1. The third-order valence-corrected chi connectivity index (χ3v) is 4.97. The fraction of sp³-hybridized carbons (Fsp3) is 0.120. The van der Waals surface area contributed by atoms with Crippen LogP contribution in [0.15, 0.2) is 83.4 Å². The van der Waals surface area contributed by atoms with Gasteiger partial charge in [0.1, 0.15) is 23.2 Å². The van der Waals surface area contributed by atoms with Gasteiger partial charge >= 0.3 is 6.09 Å². The van der Waals surface area contributed by atoms with E-state index < -0.39 is 12.2 Å². The summed E-state index contributed by atoms with van der Waals surface area (Å²) in [5.41, 5.74) is 4.68. The van der Waals surface area contributed by atoms with Gasteiger partial charge in [0, 0.05) is 5.56 Å². The quantitative estimate of drug-likeness (QED) is 0.398. The Bertz CT molecular complexity index is 1180. The first-order valence-corrected chi connectivity index (χ1v) is 9.90. The van der Waals surface area contributed by atoms with E-state index in [0.29, 0.717) is 22.7 Å². The maximum absolute atomic E-state index is 12.5. The highest BCUT2D eigenvalue weighted by Gasteiger charge is 2.20. The Hall–Kier alpha value is -4.06. The predicted molar refractivity (Wildman–Crippen MR) is 119 cm³/mol. The van der Waals surface area contributed by atoms with E-state index in [1.165, 1.54) is 0 Å². The minimum Gasteiger partial charge on any atom is -0.508 e. The Labute approximate surface area is 180 Å². The molecule has 6 nitrogen and oxygen atoms in total. The van der Waals surface area contributed by atoms with Crippen LogP contribution in [0.1, 0.15) is 24.3 Å². The van der Waals surface area contributed by atoms with Crippen LogP contribution in [-0.2, 0) is 4.74 Å². The van der Waals surface area contributed by atoms with E-state index in [-0.39, 0.29) is 5.75 Å². The van der Waals surface area contributed by atoms with Crippen molar-refractivity contribution in [2.24, 2.45) is 0 Å². The molecule has 4 rings (SSSR count). The van der Waals surface area contributed by atoms with Crippen molar-refractivity contribution >= 4 is 11.8 Å². The number of aromatic nitrogens is 1. The van der Waals surface area contributed by atoms with Crippen LogP contribution in [0.4, 0.5) is 10.5 Å². The van der Waals surface area contributed by atoms with Crippen molar-refractivity contribution in [1.82, 2.24) is 5.16 Å². The molecule has 4 aromatic rings. The summed E-state index contributed by atoms with van der Waals surface area (Å²) >= 11 is 0. The van der Waals surface area contributed by atoms with E-state index in [1.54, 1.807) is 38.1 Å². The average molecular weight is 414 g/mol. The summed E-state index contributed by atoms with van der Waals surface area (Å²) in [7, 11) is 0. The number of ether oxygens (including phenoxy) is 1. The zero-order chi connectivity index (χ0) is 21.8. The highest BCUT2D eigenvalue weighted by molar-refractivity contribution is 5.91. The lowest BCUT2D eigenvalue weighted by Gasteiger charge is -2.14. The number of hydrogen-bond donors (Lipinski definition) is 2. The molecule has 156 valence electrons. The van der Waals surface area contributed by atoms with Gasteiger partial charge in [-0.1, -0.05) is 71.9 Å². The zero-order valence-corrected chi connectivity index (χ0v) is 17.2. The maximum atomic E-state index is 12.5. The second-order valence-corrected chi connectivity index (χ2v) is 7.18. The van der Waals surface area contributed by atoms with E-state index in [1.807, 2.05) is 54.6 Å². The van der Waals surface area contributed by atoms with Crippen molar-refractivity contribution in [3.8, 4) is 28.2 Å². The summed E-state index contributed by atoms with van der Waals surface area (Å²) in [6.07, 6.45) is -1.18. The summed E-state index contributed by atoms with van der Waals surface area (Å²) in [5.74, 6) is 0.573. The third-order valence-electron chi connectivity index (χ3n) is 4.97. The molecule has 0 spiro atoms. The fourth-order valence-electron chi connectivity index (χ4n) is 3.30. The van der Waals surface area contributed by atoms with Gasteiger partial charge in [0.15, 0.2) is 5.76 Å². The molecule has 1 aromatic heterocycles. The minimum absolute atomic E-state index is 0.115. The van der Waals surface area contributed by atoms with Crippen molar-refractivity contribution in [2.45, 2.75) is 20.0 Å². The van der Waals surface area contributed by atoms with Gasteiger partial charge < -0.3 is 14.4 Å². The Morgan fingerprint density at radius 2 is 1.65 bits per heavy atom. The highest BCUT2D eigenvalue weighted by Crippen LogP contribution is 2.33.